The summed E-state index contributed by atoms with van der Waals surface area (Å²) < 4.78 is 14.4. The van der Waals surface area contributed by atoms with Gasteiger partial charge in [0.25, 0.3) is 0 Å². The molecule has 1 aromatic heterocycles. The second kappa shape index (κ2) is 8.79. The first-order valence-corrected chi connectivity index (χ1v) is 12.7. The molecule has 1 saturated carbocycles. The predicted molar refractivity (Wildman–Crippen MR) is 137 cm³/mol. The van der Waals surface area contributed by atoms with Crippen molar-refractivity contribution in [1.29, 1.82) is 0 Å². The molecule has 3 aromatic rings. The molecule has 3 aliphatic rings. The Hall–Kier alpha value is -3.19. The summed E-state index contributed by atoms with van der Waals surface area (Å²) in [5.74, 6) is 0.146. The first kappa shape index (κ1) is 22.3. The number of nitrogens with zero attached hydrogens (tertiary/aromatic N) is 2. The van der Waals surface area contributed by atoms with Crippen molar-refractivity contribution in [2.75, 3.05) is 18.0 Å². The molecule has 3 atom stereocenters. The molecular weight excluding hydrogens is 441 g/mol. The summed E-state index contributed by atoms with van der Waals surface area (Å²) in [6.45, 7) is 3.67. The third-order valence-corrected chi connectivity index (χ3v) is 8.03. The number of amides is 2. The number of nitrogens with one attached hydrogen (secondary N) is 2. The van der Waals surface area contributed by atoms with Crippen molar-refractivity contribution < 1.29 is 9.18 Å². The molecule has 0 bridgehead atoms. The van der Waals surface area contributed by atoms with Crippen LogP contribution < -0.4 is 21.3 Å². The topological polar surface area (TPSA) is 83.3 Å². The number of hydrogen-bond acceptors (Lipinski definition) is 4. The van der Waals surface area contributed by atoms with Crippen LogP contribution in [0.15, 0.2) is 42.6 Å². The van der Waals surface area contributed by atoms with Crippen LogP contribution in [0.5, 0.6) is 0 Å². The highest BCUT2D eigenvalue weighted by Gasteiger charge is 2.37. The van der Waals surface area contributed by atoms with Crippen molar-refractivity contribution in [1.82, 2.24) is 15.6 Å². The zero-order chi connectivity index (χ0) is 24.1. The molecule has 7 heteroatoms. The summed E-state index contributed by atoms with van der Waals surface area (Å²) in [7, 11) is 0. The second-order valence-corrected chi connectivity index (χ2v) is 10.5. The third-order valence-electron chi connectivity index (χ3n) is 8.03. The monoisotopic (exact) mass is 473 g/mol. The van der Waals surface area contributed by atoms with Crippen LogP contribution in [-0.2, 0) is 0 Å². The standard InChI is InChI=1S/C28H32FN5O/c1-16-10-19(12-20(29)11-16)23-15-31-24-4-2-17(18-3-5-25-26(14-18)33-28(35)32-25)13-22(24)27(23)34-8-6-21(30)7-9-34/h2,4,10-13,15,18,21,25-26H,3,5-9,14,30H2,1H3,(H2,32,33,35). The molecule has 0 radical (unpaired) electrons. The van der Waals surface area contributed by atoms with Gasteiger partial charge < -0.3 is 21.3 Å². The zero-order valence-corrected chi connectivity index (χ0v) is 20.1. The Balaban J connectivity index is 1.45. The second-order valence-electron chi connectivity index (χ2n) is 10.5. The number of carbonyl (C=O) groups excluding carboxylic acids is 1. The van der Waals surface area contributed by atoms with Gasteiger partial charge in [-0.3, -0.25) is 4.98 Å². The SMILES string of the molecule is Cc1cc(F)cc(-c2cnc3ccc(C4CCC5NC(=O)NC5C4)cc3c2N2CCC(N)CC2)c1. The summed E-state index contributed by atoms with van der Waals surface area (Å²) in [5.41, 5.74) is 12.3. The fraction of sp³-hybridized carbons (Fsp3) is 0.429. The van der Waals surface area contributed by atoms with Crippen LogP contribution in [-0.4, -0.2) is 42.2 Å². The van der Waals surface area contributed by atoms with Gasteiger partial charge in [-0.2, -0.15) is 0 Å². The number of rotatable bonds is 3. The molecule has 0 spiro atoms. The van der Waals surface area contributed by atoms with E-state index in [0.29, 0.717) is 5.92 Å². The summed E-state index contributed by atoms with van der Waals surface area (Å²) in [5, 5.41) is 7.23. The van der Waals surface area contributed by atoms with Crippen LogP contribution in [0.25, 0.3) is 22.0 Å². The molecule has 2 aromatic carbocycles. The number of benzene rings is 2. The Morgan fingerprint density at radius 3 is 2.63 bits per heavy atom. The summed E-state index contributed by atoms with van der Waals surface area (Å²) >= 11 is 0. The lowest BCUT2D eigenvalue weighted by atomic mass is 9.79. The summed E-state index contributed by atoms with van der Waals surface area (Å²) in [6.07, 6.45) is 6.71. The number of nitrogens with two attached hydrogens (primary N) is 1. The Kier molecular flexibility index (Phi) is 5.60. The summed E-state index contributed by atoms with van der Waals surface area (Å²) in [4.78, 5) is 19.0. The average Bonchev–Trinajstić information content (AvgIpc) is 3.22. The van der Waals surface area contributed by atoms with E-state index in [1.807, 2.05) is 19.2 Å². The van der Waals surface area contributed by atoms with Crippen molar-refractivity contribution in [3.63, 3.8) is 0 Å². The molecule has 35 heavy (non-hydrogen) atoms. The highest BCUT2D eigenvalue weighted by molar-refractivity contribution is 6.00. The fourth-order valence-corrected chi connectivity index (χ4v) is 6.20. The van der Waals surface area contributed by atoms with Gasteiger partial charge in [-0.15, -0.1) is 0 Å². The number of carbonyl (C=O) groups is 1. The molecule has 2 aliphatic heterocycles. The van der Waals surface area contributed by atoms with Crippen LogP contribution in [0.1, 0.15) is 49.1 Å². The van der Waals surface area contributed by atoms with E-state index in [0.717, 1.165) is 78.5 Å². The highest BCUT2D eigenvalue weighted by Crippen LogP contribution is 2.41. The van der Waals surface area contributed by atoms with Crippen LogP contribution >= 0.6 is 0 Å². The number of halogens is 1. The van der Waals surface area contributed by atoms with E-state index >= 15 is 0 Å². The number of aryl methyl sites for hydroxylation is 1. The van der Waals surface area contributed by atoms with Gasteiger partial charge in [0.05, 0.1) is 23.3 Å². The lowest BCUT2D eigenvalue weighted by molar-refractivity contribution is 0.247. The largest absolute Gasteiger partial charge is 0.370 e. The van der Waals surface area contributed by atoms with E-state index in [9.17, 15) is 9.18 Å². The van der Waals surface area contributed by atoms with Gasteiger partial charge in [-0.1, -0.05) is 12.1 Å². The minimum Gasteiger partial charge on any atom is -0.370 e. The first-order valence-electron chi connectivity index (χ1n) is 12.7. The molecule has 2 amide bonds. The Bertz CT molecular complexity index is 1270. The van der Waals surface area contributed by atoms with Crippen molar-refractivity contribution in [3.8, 4) is 11.1 Å². The quantitative estimate of drug-likeness (QED) is 0.519. The summed E-state index contributed by atoms with van der Waals surface area (Å²) in [6, 6.07) is 12.4. The number of fused-ring (bicyclic) bond motifs is 2. The highest BCUT2D eigenvalue weighted by atomic mass is 19.1. The van der Waals surface area contributed by atoms with Gasteiger partial charge in [0.15, 0.2) is 0 Å². The van der Waals surface area contributed by atoms with E-state index in [-0.39, 0.29) is 30.0 Å². The van der Waals surface area contributed by atoms with Crippen molar-refractivity contribution >= 4 is 22.6 Å². The van der Waals surface area contributed by atoms with Gasteiger partial charge in [-0.25, -0.2) is 9.18 Å². The lowest BCUT2D eigenvalue weighted by Crippen LogP contribution is -2.40. The maximum Gasteiger partial charge on any atom is 0.315 e. The van der Waals surface area contributed by atoms with Gasteiger partial charge in [-0.05, 0) is 85.9 Å². The minimum absolute atomic E-state index is 0.0519. The maximum atomic E-state index is 14.4. The minimum atomic E-state index is -0.232. The van der Waals surface area contributed by atoms with E-state index in [2.05, 4.69) is 33.7 Å². The Morgan fingerprint density at radius 2 is 1.83 bits per heavy atom. The fourth-order valence-electron chi connectivity index (χ4n) is 6.20. The molecule has 6 rings (SSSR count). The Labute approximate surface area is 205 Å². The molecule has 3 fully saturated rings. The number of hydrogen-bond donors (Lipinski definition) is 3. The van der Waals surface area contributed by atoms with Gasteiger partial charge in [0, 0.05) is 36.3 Å². The van der Waals surface area contributed by atoms with E-state index in [1.54, 1.807) is 12.1 Å². The van der Waals surface area contributed by atoms with Crippen molar-refractivity contribution in [2.24, 2.45) is 5.73 Å². The van der Waals surface area contributed by atoms with Gasteiger partial charge >= 0.3 is 6.03 Å². The number of urea groups is 1. The van der Waals surface area contributed by atoms with Crippen LogP contribution in [0.4, 0.5) is 14.9 Å². The van der Waals surface area contributed by atoms with Crippen molar-refractivity contribution in [2.45, 2.75) is 63.1 Å². The van der Waals surface area contributed by atoms with Crippen LogP contribution in [0, 0.1) is 12.7 Å². The number of aromatic nitrogens is 1. The molecule has 6 nitrogen and oxygen atoms in total. The molecule has 182 valence electrons. The van der Waals surface area contributed by atoms with Gasteiger partial charge in [0.1, 0.15) is 5.82 Å². The van der Waals surface area contributed by atoms with E-state index < -0.39 is 0 Å². The predicted octanol–water partition coefficient (Wildman–Crippen LogP) is 4.59. The molecule has 3 heterocycles. The molecular formula is C28H32FN5O. The lowest BCUT2D eigenvalue weighted by Gasteiger charge is -2.35. The Morgan fingerprint density at radius 1 is 1.03 bits per heavy atom. The van der Waals surface area contributed by atoms with Crippen LogP contribution in [0.2, 0.25) is 0 Å². The number of piperidine rings is 1. The molecule has 3 unspecified atom stereocenters. The average molecular weight is 474 g/mol. The molecule has 2 saturated heterocycles. The van der Waals surface area contributed by atoms with Gasteiger partial charge in [0.2, 0.25) is 0 Å². The molecule has 4 N–H and O–H groups in total. The zero-order valence-electron chi connectivity index (χ0n) is 20.1. The van der Waals surface area contributed by atoms with Crippen molar-refractivity contribution in [3.05, 3.63) is 59.5 Å². The number of pyridine rings is 1. The van der Waals surface area contributed by atoms with E-state index in [4.69, 9.17) is 10.7 Å². The normalized spacial score (nSPS) is 24.8. The van der Waals surface area contributed by atoms with Crippen LogP contribution in [0.3, 0.4) is 0 Å². The third kappa shape index (κ3) is 4.22. The first-order chi connectivity index (χ1) is 16.9. The van der Waals surface area contributed by atoms with E-state index in [1.165, 1.54) is 5.56 Å². The smallest absolute Gasteiger partial charge is 0.315 e. The number of anilines is 1. The maximum absolute atomic E-state index is 14.4. The molecule has 1 aliphatic carbocycles.